The van der Waals surface area contributed by atoms with Crippen LogP contribution in [0.15, 0.2) is 35.4 Å². The van der Waals surface area contributed by atoms with Crippen LogP contribution in [0.25, 0.3) is 0 Å². The summed E-state index contributed by atoms with van der Waals surface area (Å²) in [5.74, 6) is -0.127. The average Bonchev–Trinajstić information content (AvgIpc) is 2.38. The number of rotatable bonds is 6. The van der Waals surface area contributed by atoms with Crippen molar-refractivity contribution in [2.75, 3.05) is 6.61 Å². The first-order valence-electron chi connectivity index (χ1n) is 5.80. The second kappa shape index (κ2) is 6.82. The third-order valence-corrected chi connectivity index (χ3v) is 2.38. The predicted molar refractivity (Wildman–Crippen MR) is 68.0 cm³/mol. The van der Waals surface area contributed by atoms with Crippen LogP contribution in [0.4, 0.5) is 8.78 Å². The third-order valence-electron chi connectivity index (χ3n) is 2.38. The number of carbonyl (C=O) groups is 1. The van der Waals surface area contributed by atoms with Gasteiger partial charge in [0.05, 0.1) is 11.3 Å². The fraction of sp³-hybridized carbons (Fsp3) is 0.385. The van der Waals surface area contributed by atoms with Crippen molar-refractivity contribution in [1.82, 2.24) is 5.32 Å². The Morgan fingerprint density at radius 3 is 2.58 bits per heavy atom. The van der Waals surface area contributed by atoms with E-state index in [1.165, 1.54) is 18.4 Å². The highest BCUT2D eigenvalue weighted by molar-refractivity contribution is 6.14. The van der Waals surface area contributed by atoms with Crippen LogP contribution in [0.3, 0.4) is 0 Å². The van der Waals surface area contributed by atoms with E-state index < -0.39 is 13.0 Å². The molecular weight excluding hydrogens is 254 g/mol. The Labute approximate surface area is 110 Å². The number of alkyl halides is 2. The van der Waals surface area contributed by atoms with Gasteiger partial charge in [-0.15, -0.1) is 0 Å². The number of ketones is 1. The first-order valence-corrected chi connectivity index (χ1v) is 5.80. The summed E-state index contributed by atoms with van der Waals surface area (Å²) < 4.78 is 28.7. The van der Waals surface area contributed by atoms with Gasteiger partial charge in [-0.05, 0) is 12.2 Å². The van der Waals surface area contributed by atoms with Crippen LogP contribution in [0.1, 0.15) is 13.8 Å². The van der Waals surface area contributed by atoms with Gasteiger partial charge in [-0.2, -0.15) is 0 Å². The summed E-state index contributed by atoms with van der Waals surface area (Å²) in [6.07, 6.45) is 2.83. The van der Waals surface area contributed by atoms with Crippen molar-refractivity contribution in [2.45, 2.75) is 20.3 Å². The molecule has 0 unspecified atom stereocenters. The highest BCUT2D eigenvalue weighted by Gasteiger charge is 2.16. The number of hydrogen-bond donors (Lipinski definition) is 2. The number of carbonyl (C=O) groups excluding carboxylic acids is 1. The lowest BCUT2D eigenvalue weighted by atomic mass is 9.99. The summed E-state index contributed by atoms with van der Waals surface area (Å²) in [7, 11) is 0. The summed E-state index contributed by atoms with van der Waals surface area (Å²) in [5, 5.41) is 10.0. The minimum atomic E-state index is -2.54. The van der Waals surface area contributed by atoms with Crippen LogP contribution in [-0.2, 0) is 9.53 Å². The number of dihydropyridines is 1. The predicted octanol–water partition coefficient (Wildman–Crippen LogP) is 2.40. The van der Waals surface area contributed by atoms with Gasteiger partial charge in [-0.25, -0.2) is 8.78 Å². The van der Waals surface area contributed by atoms with Gasteiger partial charge in [-0.1, -0.05) is 13.8 Å². The Balaban J connectivity index is 2.78. The minimum Gasteiger partial charge on any atom is -0.486 e. The number of ether oxygens (including phenoxy) is 1. The molecule has 1 rings (SSSR count). The van der Waals surface area contributed by atoms with E-state index in [0.717, 1.165) is 6.21 Å². The van der Waals surface area contributed by atoms with Gasteiger partial charge in [0.2, 0.25) is 0 Å². The van der Waals surface area contributed by atoms with Gasteiger partial charge < -0.3 is 15.5 Å². The fourth-order valence-electron chi connectivity index (χ4n) is 1.42. The lowest BCUT2D eigenvalue weighted by molar-refractivity contribution is -0.117. The lowest BCUT2D eigenvalue weighted by Gasteiger charge is -2.15. The summed E-state index contributed by atoms with van der Waals surface area (Å²) in [5.41, 5.74) is 0.702. The maximum absolute atomic E-state index is 12.0. The van der Waals surface area contributed by atoms with Gasteiger partial charge in [-0.3, -0.25) is 4.79 Å². The molecule has 0 aromatic carbocycles. The molecule has 0 spiro atoms. The zero-order valence-electron chi connectivity index (χ0n) is 10.7. The SMILES string of the molecule is CC(C)C(=O)/C(C=N)=C1\C=CC(OCC(F)F)=CN1. The highest BCUT2D eigenvalue weighted by atomic mass is 19.3. The Bertz CT molecular complexity index is 452. The Morgan fingerprint density at radius 2 is 2.16 bits per heavy atom. The van der Waals surface area contributed by atoms with Crippen molar-refractivity contribution < 1.29 is 18.3 Å². The highest BCUT2D eigenvalue weighted by Crippen LogP contribution is 2.14. The molecular formula is C13H16F2N2O2. The van der Waals surface area contributed by atoms with E-state index in [9.17, 15) is 13.6 Å². The van der Waals surface area contributed by atoms with E-state index in [1.54, 1.807) is 13.8 Å². The van der Waals surface area contributed by atoms with Gasteiger partial charge in [0, 0.05) is 18.3 Å². The number of Topliss-reactive ketones (excluding diaryl/α,β-unsaturated/α-hetero) is 1. The Morgan fingerprint density at radius 1 is 1.47 bits per heavy atom. The smallest absolute Gasteiger partial charge is 0.272 e. The molecule has 0 saturated carbocycles. The summed E-state index contributed by atoms with van der Waals surface area (Å²) >= 11 is 0. The van der Waals surface area contributed by atoms with Crippen LogP contribution in [0.5, 0.6) is 0 Å². The quantitative estimate of drug-likeness (QED) is 0.575. The first-order chi connectivity index (χ1) is 8.95. The molecule has 0 radical (unpaired) electrons. The van der Waals surface area contributed by atoms with Crippen molar-refractivity contribution in [3.05, 3.63) is 35.4 Å². The van der Waals surface area contributed by atoms with Gasteiger partial charge in [0.25, 0.3) is 6.43 Å². The van der Waals surface area contributed by atoms with Crippen molar-refractivity contribution >= 4 is 12.0 Å². The Kier molecular flexibility index (Phi) is 5.41. The molecule has 0 aliphatic carbocycles. The molecule has 0 aromatic rings. The number of hydrogen-bond acceptors (Lipinski definition) is 4. The molecule has 0 amide bonds. The van der Waals surface area contributed by atoms with Crippen molar-refractivity contribution in [1.29, 1.82) is 5.41 Å². The van der Waals surface area contributed by atoms with E-state index in [-0.39, 0.29) is 23.0 Å². The second-order valence-electron chi connectivity index (χ2n) is 4.22. The fourth-order valence-corrected chi connectivity index (χ4v) is 1.42. The van der Waals surface area contributed by atoms with Crippen LogP contribution in [-0.4, -0.2) is 25.0 Å². The molecule has 19 heavy (non-hydrogen) atoms. The molecule has 0 fully saturated rings. The van der Waals surface area contributed by atoms with E-state index in [4.69, 9.17) is 10.1 Å². The topological polar surface area (TPSA) is 62.2 Å². The Hall–Kier alpha value is -1.98. The normalized spacial score (nSPS) is 17.1. The largest absolute Gasteiger partial charge is 0.486 e. The lowest BCUT2D eigenvalue weighted by Crippen LogP contribution is -2.20. The third kappa shape index (κ3) is 4.31. The molecule has 4 nitrogen and oxygen atoms in total. The molecule has 0 saturated heterocycles. The monoisotopic (exact) mass is 270 g/mol. The molecule has 2 N–H and O–H groups in total. The molecule has 0 atom stereocenters. The van der Waals surface area contributed by atoms with Crippen LogP contribution in [0.2, 0.25) is 0 Å². The van der Waals surface area contributed by atoms with Crippen LogP contribution >= 0.6 is 0 Å². The molecule has 0 bridgehead atoms. The first kappa shape index (κ1) is 15.1. The van der Waals surface area contributed by atoms with Crippen molar-refractivity contribution in [3.63, 3.8) is 0 Å². The summed E-state index contributed by atoms with van der Waals surface area (Å²) in [6.45, 7) is 2.80. The molecule has 1 aliphatic heterocycles. The summed E-state index contributed by atoms with van der Waals surface area (Å²) in [6, 6.07) is 0. The summed E-state index contributed by atoms with van der Waals surface area (Å²) in [4.78, 5) is 11.8. The number of nitrogens with one attached hydrogen (secondary N) is 2. The number of halogens is 2. The van der Waals surface area contributed by atoms with E-state index in [2.05, 4.69) is 5.32 Å². The van der Waals surface area contributed by atoms with Gasteiger partial charge in [0.1, 0.15) is 12.4 Å². The molecule has 1 heterocycles. The molecule has 1 aliphatic rings. The second-order valence-corrected chi connectivity index (χ2v) is 4.22. The standard InChI is InChI=1S/C13H16F2N2O2/c1-8(2)13(18)10(5-16)11-4-3-9(6-17-11)19-7-12(14)15/h3-6,8,12,16-17H,7H2,1-2H3/b11-10+,16-5?. The van der Waals surface area contributed by atoms with E-state index in [0.29, 0.717) is 5.70 Å². The van der Waals surface area contributed by atoms with Crippen molar-refractivity contribution in [3.8, 4) is 0 Å². The van der Waals surface area contributed by atoms with Crippen molar-refractivity contribution in [2.24, 2.45) is 5.92 Å². The minimum absolute atomic E-state index is 0.160. The molecule has 6 heteroatoms. The van der Waals surface area contributed by atoms with Crippen LogP contribution < -0.4 is 5.32 Å². The average molecular weight is 270 g/mol. The zero-order chi connectivity index (χ0) is 14.4. The zero-order valence-corrected chi connectivity index (χ0v) is 10.7. The van der Waals surface area contributed by atoms with E-state index >= 15 is 0 Å². The van der Waals surface area contributed by atoms with Gasteiger partial charge >= 0.3 is 0 Å². The number of allylic oxidation sites excluding steroid dienone is 3. The molecule has 104 valence electrons. The van der Waals surface area contributed by atoms with Gasteiger partial charge in [0.15, 0.2) is 5.78 Å². The van der Waals surface area contributed by atoms with E-state index in [1.807, 2.05) is 0 Å². The maximum Gasteiger partial charge on any atom is 0.272 e. The van der Waals surface area contributed by atoms with Crippen LogP contribution in [0, 0.1) is 11.3 Å². The molecule has 0 aromatic heterocycles. The maximum atomic E-state index is 12.0.